The standard InChI is InChI=1S/C12H22N2O6/c1-8(2)7-20-5-3-4-13-12(19)14-9(11(17)18)6-10(15)16/h8-9H,3-7H2,1-2H3,(H,15,16)(H,17,18)(H2,13,14,19)/t9-/m1/s1. The zero-order valence-corrected chi connectivity index (χ0v) is 11.7. The lowest BCUT2D eigenvalue weighted by molar-refractivity contribution is -0.145. The molecular weight excluding hydrogens is 268 g/mol. The minimum atomic E-state index is -1.44. The quantitative estimate of drug-likeness (QED) is 0.428. The zero-order valence-electron chi connectivity index (χ0n) is 11.7. The van der Waals surface area contributed by atoms with Crippen molar-refractivity contribution in [2.75, 3.05) is 19.8 Å². The van der Waals surface area contributed by atoms with Crippen LogP contribution in [-0.2, 0) is 14.3 Å². The van der Waals surface area contributed by atoms with Crippen molar-refractivity contribution in [3.05, 3.63) is 0 Å². The summed E-state index contributed by atoms with van der Waals surface area (Å²) in [5.41, 5.74) is 0. The van der Waals surface area contributed by atoms with E-state index in [-0.39, 0.29) is 0 Å². The summed E-state index contributed by atoms with van der Waals surface area (Å²) in [5, 5.41) is 21.8. The summed E-state index contributed by atoms with van der Waals surface area (Å²) in [4.78, 5) is 32.5. The average Bonchev–Trinajstić information content (AvgIpc) is 2.31. The summed E-state index contributed by atoms with van der Waals surface area (Å²) >= 11 is 0. The first kappa shape index (κ1) is 18.2. The number of rotatable bonds is 10. The van der Waals surface area contributed by atoms with E-state index >= 15 is 0 Å². The Kier molecular flexibility index (Phi) is 9.10. The van der Waals surface area contributed by atoms with Crippen molar-refractivity contribution in [3.63, 3.8) is 0 Å². The molecule has 116 valence electrons. The molecule has 0 aliphatic heterocycles. The lowest BCUT2D eigenvalue weighted by Gasteiger charge is -2.13. The predicted octanol–water partition coefficient (Wildman–Crippen LogP) is 0.276. The number of carbonyl (C=O) groups is 3. The lowest BCUT2D eigenvalue weighted by Crippen LogP contribution is -2.47. The van der Waals surface area contributed by atoms with Crippen molar-refractivity contribution < 1.29 is 29.3 Å². The highest BCUT2D eigenvalue weighted by molar-refractivity contribution is 5.86. The van der Waals surface area contributed by atoms with Crippen LogP contribution in [0.4, 0.5) is 4.79 Å². The van der Waals surface area contributed by atoms with E-state index in [9.17, 15) is 14.4 Å². The van der Waals surface area contributed by atoms with Gasteiger partial charge in [-0.05, 0) is 12.3 Å². The predicted molar refractivity (Wildman–Crippen MR) is 70.5 cm³/mol. The molecule has 0 rings (SSSR count). The number of nitrogens with one attached hydrogen (secondary N) is 2. The average molecular weight is 290 g/mol. The molecule has 0 bridgehead atoms. The molecule has 0 aromatic carbocycles. The van der Waals surface area contributed by atoms with Gasteiger partial charge in [-0.1, -0.05) is 13.8 Å². The van der Waals surface area contributed by atoms with E-state index in [2.05, 4.69) is 10.6 Å². The molecule has 0 saturated heterocycles. The number of urea groups is 1. The van der Waals surface area contributed by atoms with Crippen molar-refractivity contribution in [2.45, 2.75) is 32.7 Å². The number of hydrogen-bond donors (Lipinski definition) is 4. The van der Waals surface area contributed by atoms with Crippen LogP contribution < -0.4 is 10.6 Å². The summed E-state index contributed by atoms with van der Waals surface area (Å²) in [6, 6.07) is -2.15. The van der Waals surface area contributed by atoms with Crippen molar-refractivity contribution in [1.29, 1.82) is 0 Å². The van der Waals surface area contributed by atoms with Gasteiger partial charge in [0.2, 0.25) is 0 Å². The van der Waals surface area contributed by atoms with Gasteiger partial charge in [-0.15, -0.1) is 0 Å². The van der Waals surface area contributed by atoms with Crippen LogP contribution in [0.1, 0.15) is 26.7 Å². The Balaban J connectivity index is 3.80. The molecule has 4 N–H and O–H groups in total. The maximum Gasteiger partial charge on any atom is 0.326 e. The monoisotopic (exact) mass is 290 g/mol. The first-order chi connectivity index (χ1) is 9.32. The largest absolute Gasteiger partial charge is 0.481 e. The van der Waals surface area contributed by atoms with E-state index in [0.29, 0.717) is 32.1 Å². The molecule has 0 fully saturated rings. The molecule has 1 atom stereocenters. The molecule has 0 unspecified atom stereocenters. The molecule has 0 spiro atoms. The number of aliphatic carboxylic acids is 2. The highest BCUT2D eigenvalue weighted by Gasteiger charge is 2.22. The first-order valence-electron chi connectivity index (χ1n) is 6.39. The van der Waals surface area contributed by atoms with Crippen LogP contribution in [0.5, 0.6) is 0 Å². The lowest BCUT2D eigenvalue weighted by atomic mass is 10.2. The second-order valence-corrected chi connectivity index (χ2v) is 4.71. The molecule has 0 aromatic rings. The fourth-order valence-corrected chi connectivity index (χ4v) is 1.28. The number of hydrogen-bond acceptors (Lipinski definition) is 4. The van der Waals surface area contributed by atoms with E-state index in [4.69, 9.17) is 14.9 Å². The number of carboxylic acid groups (broad SMARTS) is 2. The Hall–Kier alpha value is -1.83. The van der Waals surface area contributed by atoms with E-state index in [1.807, 2.05) is 13.8 Å². The van der Waals surface area contributed by atoms with Gasteiger partial charge in [0, 0.05) is 19.8 Å². The molecule has 8 nitrogen and oxygen atoms in total. The Labute approximate surface area is 117 Å². The molecule has 0 aliphatic carbocycles. The highest BCUT2D eigenvalue weighted by atomic mass is 16.5. The van der Waals surface area contributed by atoms with E-state index in [0.717, 1.165) is 0 Å². The summed E-state index contributed by atoms with van der Waals surface area (Å²) in [6.07, 6.45) is -0.0724. The maximum atomic E-state index is 11.4. The van der Waals surface area contributed by atoms with Gasteiger partial charge in [-0.25, -0.2) is 9.59 Å². The Morgan fingerprint density at radius 3 is 2.35 bits per heavy atom. The first-order valence-corrected chi connectivity index (χ1v) is 6.39. The molecule has 0 radical (unpaired) electrons. The SMILES string of the molecule is CC(C)COCCCNC(=O)N[C@H](CC(=O)O)C(=O)O. The van der Waals surface area contributed by atoms with Crippen molar-refractivity contribution >= 4 is 18.0 Å². The van der Waals surface area contributed by atoms with Crippen LogP contribution in [0.3, 0.4) is 0 Å². The minimum Gasteiger partial charge on any atom is -0.481 e. The molecule has 0 heterocycles. The van der Waals surface area contributed by atoms with Crippen LogP contribution >= 0.6 is 0 Å². The second-order valence-electron chi connectivity index (χ2n) is 4.71. The summed E-state index contributed by atoms with van der Waals surface area (Å²) in [5.74, 6) is -2.23. The van der Waals surface area contributed by atoms with Crippen LogP contribution in [0.2, 0.25) is 0 Å². The molecule has 0 aromatic heterocycles. The van der Waals surface area contributed by atoms with E-state index < -0.39 is 30.4 Å². The Morgan fingerprint density at radius 1 is 1.20 bits per heavy atom. The molecular formula is C12H22N2O6. The van der Waals surface area contributed by atoms with Gasteiger partial charge < -0.3 is 25.6 Å². The van der Waals surface area contributed by atoms with Gasteiger partial charge in [-0.2, -0.15) is 0 Å². The van der Waals surface area contributed by atoms with Gasteiger partial charge in [0.05, 0.1) is 6.42 Å². The van der Waals surface area contributed by atoms with Gasteiger partial charge in [-0.3, -0.25) is 4.79 Å². The van der Waals surface area contributed by atoms with Gasteiger partial charge >= 0.3 is 18.0 Å². The van der Waals surface area contributed by atoms with E-state index in [1.54, 1.807) is 0 Å². The molecule has 20 heavy (non-hydrogen) atoms. The third-order valence-electron chi connectivity index (χ3n) is 2.18. The van der Waals surface area contributed by atoms with Gasteiger partial charge in [0.25, 0.3) is 0 Å². The second kappa shape index (κ2) is 10.0. The summed E-state index contributed by atoms with van der Waals surface area (Å²) in [6.45, 7) is 5.52. The number of ether oxygens (including phenoxy) is 1. The number of amides is 2. The molecule has 8 heteroatoms. The van der Waals surface area contributed by atoms with Crippen LogP contribution in [0.25, 0.3) is 0 Å². The topological polar surface area (TPSA) is 125 Å². The van der Waals surface area contributed by atoms with E-state index in [1.165, 1.54) is 0 Å². The summed E-state index contributed by atoms with van der Waals surface area (Å²) < 4.78 is 5.31. The van der Waals surface area contributed by atoms with Crippen LogP contribution in [0, 0.1) is 5.92 Å². The van der Waals surface area contributed by atoms with Crippen molar-refractivity contribution in [1.82, 2.24) is 10.6 Å². The minimum absolute atomic E-state index is 0.323. The maximum absolute atomic E-state index is 11.4. The van der Waals surface area contributed by atoms with Gasteiger partial charge in [0.1, 0.15) is 6.04 Å². The van der Waals surface area contributed by atoms with Gasteiger partial charge in [0.15, 0.2) is 0 Å². The van der Waals surface area contributed by atoms with Crippen LogP contribution in [-0.4, -0.2) is 54.0 Å². The third kappa shape index (κ3) is 10.1. The van der Waals surface area contributed by atoms with Crippen molar-refractivity contribution in [3.8, 4) is 0 Å². The van der Waals surface area contributed by atoms with Crippen molar-refractivity contribution in [2.24, 2.45) is 5.92 Å². The number of carboxylic acids is 2. The fraction of sp³-hybridized carbons (Fsp3) is 0.750. The highest BCUT2D eigenvalue weighted by Crippen LogP contribution is 1.94. The normalized spacial score (nSPS) is 11.9. The molecule has 0 saturated carbocycles. The number of carbonyl (C=O) groups excluding carboxylic acids is 1. The zero-order chi connectivity index (χ0) is 15.5. The Morgan fingerprint density at radius 2 is 1.85 bits per heavy atom. The summed E-state index contributed by atoms with van der Waals surface area (Å²) in [7, 11) is 0. The third-order valence-corrected chi connectivity index (χ3v) is 2.18. The fourth-order valence-electron chi connectivity index (χ4n) is 1.28. The molecule has 2 amide bonds. The smallest absolute Gasteiger partial charge is 0.326 e. The molecule has 0 aliphatic rings. The van der Waals surface area contributed by atoms with Crippen LogP contribution in [0.15, 0.2) is 0 Å². The Bertz CT molecular complexity index is 332.